The van der Waals surface area contributed by atoms with Crippen molar-refractivity contribution in [1.82, 2.24) is 25.1 Å². The van der Waals surface area contributed by atoms with Crippen molar-refractivity contribution >= 4 is 47.2 Å². The molecule has 5 rings (SSSR count). The Labute approximate surface area is 266 Å². The number of β-lactam (4-membered cyclic amide) rings is 1. The second kappa shape index (κ2) is 12.3. The van der Waals surface area contributed by atoms with Gasteiger partial charge in [-0.05, 0) is 62.7 Å². The minimum Gasteiger partial charge on any atom is -0.508 e. The number of fused-ring (bicyclic) bond motifs is 1. The largest absolute Gasteiger partial charge is 0.508 e. The minimum absolute atomic E-state index is 0.0283. The van der Waals surface area contributed by atoms with Crippen molar-refractivity contribution in [2.24, 2.45) is 5.73 Å². The number of thioether (sulfide) groups is 1. The maximum atomic E-state index is 14.0. The third-order valence-electron chi connectivity index (χ3n) is 7.64. The summed E-state index contributed by atoms with van der Waals surface area (Å²) in [5.41, 5.74) is 6.92. The highest BCUT2D eigenvalue weighted by Gasteiger charge is 2.67. The van der Waals surface area contributed by atoms with E-state index in [9.17, 15) is 39.3 Å². The lowest BCUT2D eigenvalue weighted by Gasteiger charge is -2.47. The zero-order chi connectivity index (χ0) is 33.5. The molecule has 1 unspecified atom stereocenters. The topological polar surface area (TPSA) is 228 Å². The van der Waals surface area contributed by atoms with Crippen molar-refractivity contribution in [3.8, 4) is 23.0 Å². The van der Waals surface area contributed by atoms with Crippen LogP contribution in [0.5, 0.6) is 11.6 Å². The van der Waals surface area contributed by atoms with Crippen molar-refractivity contribution in [3.05, 3.63) is 65.9 Å². The smallest absolute Gasteiger partial charge is 0.327 e. The number of phenols is 1. The Bertz CT molecular complexity index is 1720. The molecule has 5 amide bonds. The van der Waals surface area contributed by atoms with Crippen molar-refractivity contribution in [2.75, 3.05) is 11.9 Å². The number of amides is 5. The fourth-order valence-corrected chi connectivity index (χ4v) is 7.07. The molecule has 46 heavy (non-hydrogen) atoms. The summed E-state index contributed by atoms with van der Waals surface area (Å²) in [5, 5.41) is 34.7. The number of anilines is 1. The number of nitrogens with zero attached hydrogens (tertiary/aromatic N) is 4. The fourth-order valence-electron chi connectivity index (χ4n) is 5.40. The van der Waals surface area contributed by atoms with E-state index in [1.807, 2.05) is 0 Å². The number of nitrogens with one attached hydrogen (secondary N) is 2. The molecule has 15 nitrogen and oxygen atoms in total. The van der Waals surface area contributed by atoms with Gasteiger partial charge in [-0.2, -0.15) is 4.98 Å². The number of rotatable bonds is 8. The quantitative estimate of drug-likeness (QED) is 0.192. The molecule has 4 atom stereocenters. The van der Waals surface area contributed by atoms with Crippen LogP contribution >= 0.6 is 11.8 Å². The van der Waals surface area contributed by atoms with Crippen LogP contribution in [-0.4, -0.2) is 93.6 Å². The van der Waals surface area contributed by atoms with Gasteiger partial charge >= 0.3 is 12.0 Å². The average Bonchev–Trinajstić information content (AvgIpc) is 3.26. The molecule has 0 radical (unpaired) electrons. The van der Waals surface area contributed by atoms with Crippen molar-refractivity contribution in [3.63, 3.8) is 0 Å². The van der Waals surface area contributed by atoms with Gasteiger partial charge in [0.2, 0.25) is 5.88 Å². The van der Waals surface area contributed by atoms with Gasteiger partial charge in [-0.1, -0.05) is 12.1 Å². The predicted octanol–water partition coefficient (Wildman–Crippen LogP) is 1.88. The number of carbonyl (C=O) groups excluding carboxylic acids is 4. The molecule has 0 spiro atoms. The molecule has 3 heterocycles. The summed E-state index contributed by atoms with van der Waals surface area (Å²) in [5.74, 6) is -4.94. The van der Waals surface area contributed by atoms with Gasteiger partial charge in [0.25, 0.3) is 17.7 Å². The lowest BCUT2D eigenvalue weighted by atomic mass is 9.94. The molecule has 2 aromatic carbocycles. The maximum absolute atomic E-state index is 14.0. The summed E-state index contributed by atoms with van der Waals surface area (Å²) in [6, 6.07) is 7.25. The normalized spacial score (nSPS) is 20.2. The van der Waals surface area contributed by atoms with Crippen LogP contribution in [0.25, 0.3) is 11.4 Å². The second-order valence-electron chi connectivity index (χ2n) is 11.1. The maximum Gasteiger partial charge on any atom is 0.327 e. The molecule has 0 bridgehead atoms. The second-order valence-corrected chi connectivity index (χ2v) is 12.9. The molecule has 7 N–H and O–H groups in total. The molecule has 0 saturated carbocycles. The number of aromatic nitrogens is 2. The molecular weight excluding hydrogens is 618 g/mol. The van der Waals surface area contributed by atoms with Crippen LogP contribution in [0.2, 0.25) is 0 Å². The first-order valence-electron chi connectivity index (χ1n) is 14.1. The number of aromatic hydroxyl groups is 2. The van der Waals surface area contributed by atoms with E-state index in [1.54, 1.807) is 45.0 Å². The lowest BCUT2D eigenvalue weighted by Crippen LogP contribution is -2.72. The van der Waals surface area contributed by atoms with Gasteiger partial charge in [-0.25, -0.2) is 14.6 Å². The van der Waals surface area contributed by atoms with Crippen molar-refractivity contribution < 1.29 is 39.3 Å². The highest BCUT2D eigenvalue weighted by Crippen LogP contribution is 2.52. The Morgan fingerprint density at radius 3 is 2.33 bits per heavy atom. The summed E-state index contributed by atoms with van der Waals surface area (Å²) < 4.78 is -0.949. The van der Waals surface area contributed by atoms with E-state index in [0.717, 1.165) is 22.9 Å². The number of hydrogen-bond acceptors (Lipinski definition) is 11. The first kappa shape index (κ1) is 32.2. The Hall–Kier alpha value is -5.22. The summed E-state index contributed by atoms with van der Waals surface area (Å²) in [6.45, 7) is 5.52. The van der Waals surface area contributed by atoms with Crippen molar-refractivity contribution in [2.45, 2.75) is 49.0 Å². The fraction of sp³-hybridized carbons (Fsp3) is 0.300. The number of carboxylic acids is 1. The zero-order valence-corrected chi connectivity index (χ0v) is 25.7. The van der Waals surface area contributed by atoms with E-state index in [-0.39, 0.29) is 23.2 Å². The molecular formula is C30H31N7O8S. The average molecular weight is 650 g/mol. The van der Waals surface area contributed by atoms with E-state index >= 15 is 0 Å². The molecule has 0 aliphatic carbocycles. The standard InChI is InChI=1S/C30H31N7O8S/c1-4-32-29(45)34-16-9-5-15(6-10-16)22-33-13-18(23(39)35-22)24(40)36(25(41)19(31)14-7-11-17(38)12-8-14)20-26(42)37-21(28(43)44)30(2,3)46-27(20)37/h5-13,19-21,27,38H,4,31H2,1-3H3,(H,43,44)(H2,32,34,45)(H,33,35,39)/t19?,20-,21+,27-/m1/s1. The van der Waals surface area contributed by atoms with Crippen LogP contribution in [0.3, 0.4) is 0 Å². The zero-order valence-electron chi connectivity index (χ0n) is 24.9. The highest BCUT2D eigenvalue weighted by atomic mass is 32.2. The third-order valence-corrected chi connectivity index (χ3v) is 9.19. The van der Waals surface area contributed by atoms with E-state index in [4.69, 9.17) is 5.73 Å². The number of hydrogen-bond donors (Lipinski definition) is 6. The monoisotopic (exact) mass is 649 g/mol. The van der Waals surface area contributed by atoms with Gasteiger partial charge in [0, 0.05) is 28.7 Å². The number of phenolic OH excluding ortho intramolecular Hbond substituents is 1. The SMILES string of the molecule is CCNC(=O)Nc1ccc(-c2ncc(C(=O)N(C(=O)C(N)c3ccc(O)cc3)[C@@H]3C(=O)N4[C@@H]3SC(C)(C)[C@@H]4C(=O)O)c(O)n2)cc1. The van der Waals surface area contributed by atoms with Crippen LogP contribution in [-0.2, 0) is 14.4 Å². The Morgan fingerprint density at radius 1 is 1.09 bits per heavy atom. The van der Waals surface area contributed by atoms with E-state index < -0.39 is 63.4 Å². The highest BCUT2D eigenvalue weighted by molar-refractivity contribution is 8.01. The van der Waals surface area contributed by atoms with E-state index in [0.29, 0.717) is 22.7 Å². The molecule has 3 aromatic rings. The van der Waals surface area contributed by atoms with Gasteiger partial charge < -0.3 is 36.6 Å². The van der Waals surface area contributed by atoms with E-state index in [2.05, 4.69) is 20.6 Å². The summed E-state index contributed by atoms with van der Waals surface area (Å²) in [7, 11) is 0. The molecule has 2 aliphatic heterocycles. The number of urea groups is 1. The number of benzene rings is 2. The van der Waals surface area contributed by atoms with Crippen LogP contribution in [0, 0.1) is 0 Å². The molecule has 2 fully saturated rings. The summed E-state index contributed by atoms with van der Waals surface area (Å²) in [4.78, 5) is 75.2. The number of aliphatic carboxylic acids is 1. The molecule has 16 heteroatoms. The van der Waals surface area contributed by atoms with Gasteiger partial charge in [0.05, 0.1) is 0 Å². The minimum atomic E-state index is -1.46. The third kappa shape index (κ3) is 5.79. The summed E-state index contributed by atoms with van der Waals surface area (Å²) in [6.07, 6.45) is 1.01. The van der Waals surface area contributed by atoms with Crippen LogP contribution in [0.1, 0.15) is 42.7 Å². The van der Waals surface area contributed by atoms with Crippen molar-refractivity contribution in [1.29, 1.82) is 0 Å². The Balaban J connectivity index is 1.47. The summed E-state index contributed by atoms with van der Waals surface area (Å²) >= 11 is 1.13. The van der Waals surface area contributed by atoms with Gasteiger partial charge in [-0.15, -0.1) is 11.8 Å². The van der Waals surface area contributed by atoms with Crippen LogP contribution in [0.4, 0.5) is 10.5 Å². The molecule has 1 aromatic heterocycles. The molecule has 240 valence electrons. The molecule has 2 saturated heterocycles. The number of imide groups is 1. The number of carbonyl (C=O) groups is 5. The first-order chi connectivity index (χ1) is 21.7. The van der Waals surface area contributed by atoms with Gasteiger partial charge in [-0.3, -0.25) is 19.3 Å². The Morgan fingerprint density at radius 2 is 1.74 bits per heavy atom. The molecule has 2 aliphatic rings. The Kier molecular flexibility index (Phi) is 8.60. The van der Waals surface area contributed by atoms with Crippen LogP contribution < -0.4 is 16.4 Å². The van der Waals surface area contributed by atoms with E-state index in [1.165, 1.54) is 24.3 Å². The number of carboxylic acid groups (broad SMARTS) is 1. The first-order valence-corrected chi connectivity index (χ1v) is 15.0. The predicted molar refractivity (Wildman–Crippen MR) is 166 cm³/mol. The van der Waals surface area contributed by atoms with Gasteiger partial charge in [0.15, 0.2) is 5.82 Å². The van der Waals surface area contributed by atoms with Gasteiger partial charge in [0.1, 0.15) is 34.8 Å². The number of nitrogens with two attached hydrogens (primary N) is 1. The van der Waals surface area contributed by atoms with Crippen LogP contribution in [0.15, 0.2) is 54.7 Å². The lowest BCUT2D eigenvalue weighted by molar-refractivity contribution is -0.166.